The molecule has 0 atom stereocenters. The van der Waals surface area contributed by atoms with Gasteiger partial charge in [0.15, 0.2) is 0 Å². The summed E-state index contributed by atoms with van der Waals surface area (Å²) < 4.78 is 0. The summed E-state index contributed by atoms with van der Waals surface area (Å²) in [6.45, 7) is 1.91. The lowest BCUT2D eigenvalue weighted by molar-refractivity contribution is -0.132. The molecule has 0 spiro atoms. The minimum Gasteiger partial charge on any atom is -0.339 e. The van der Waals surface area contributed by atoms with Gasteiger partial charge in [-0.3, -0.25) is 24.1 Å². The summed E-state index contributed by atoms with van der Waals surface area (Å²) in [6, 6.07) is 14.7. The zero-order valence-corrected chi connectivity index (χ0v) is 17.5. The lowest BCUT2D eigenvalue weighted by Crippen LogP contribution is -2.50. The van der Waals surface area contributed by atoms with Crippen LogP contribution in [0.2, 0.25) is 0 Å². The predicted octanol–water partition coefficient (Wildman–Crippen LogP) is 2.22. The van der Waals surface area contributed by atoms with Crippen LogP contribution in [0.25, 0.3) is 0 Å². The topological polar surface area (TPSA) is 78.0 Å². The van der Waals surface area contributed by atoms with Gasteiger partial charge in [0.1, 0.15) is 0 Å². The molecular weight excluding hydrogens is 394 g/mol. The Hall–Kier alpha value is -3.48. The third kappa shape index (κ3) is 4.21. The highest BCUT2D eigenvalue weighted by Crippen LogP contribution is 2.23. The Bertz CT molecular complexity index is 1030. The van der Waals surface area contributed by atoms with Crippen LogP contribution in [0, 0.1) is 0 Å². The van der Waals surface area contributed by atoms with E-state index in [0.717, 1.165) is 17.7 Å². The van der Waals surface area contributed by atoms with Crippen molar-refractivity contribution in [3.05, 3.63) is 70.8 Å². The second-order valence-corrected chi connectivity index (χ2v) is 7.94. The smallest absolute Gasteiger partial charge is 0.261 e. The molecule has 160 valence electrons. The first-order valence-corrected chi connectivity index (χ1v) is 10.5. The van der Waals surface area contributed by atoms with Gasteiger partial charge in [-0.2, -0.15) is 0 Å². The molecule has 0 aliphatic carbocycles. The highest BCUT2D eigenvalue weighted by atomic mass is 16.2. The van der Waals surface area contributed by atoms with Gasteiger partial charge in [0.05, 0.1) is 11.1 Å². The molecule has 0 saturated carbocycles. The number of fused-ring (bicyclic) bond motifs is 1. The molecule has 0 radical (unpaired) electrons. The van der Waals surface area contributed by atoms with Crippen molar-refractivity contribution >= 4 is 23.6 Å². The van der Waals surface area contributed by atoms with Crippen LogP contribution in [0.3, 0.4) is 0 Å². The number of nitrogens with zero attached hydrogens (tertiary/aromatic N) is 3. The summed E-state index contributed by atoms with van der Waals surface area (Å²) in [5.41, 5.74) is 2.21. The fraction of sp³-hybridized carbons (Fsp3) is 0.333. The average Bonchev–Trinajstić information content (AvgIpc) is 3.03. The molecule has 7 heteroatoms. The lowest BCUT2D eigenvalue weighted by Gasteiger charge is -2.35. The molecule has 4 rings (SSSR count). The highest BCUT2D eigenvalue weighted by molar-refractivity contribution is 6.21. The number of benzene rings is 2. The maximum absolute atomic E-state index is 12.9. The summed E-state index contributed by atoms with van der Waals surface area (Å²) in [5, 5.41) is 0. The fourth-order valence-corrected chi connectivity index (χ4v) is 4.08. The van der Waals surface area contributed by atoms with Crippen molar-refractivity contribution in [1.29, 1.82) is 0 Å². The second kappa shape index (κ2) is 8.71. The molecule has 2 aromatic carbocycles. The quantitative estimate of drug-likeness (QED) is 0.697. The summed E-state index contributed by atoms with van der Waals surface area (Å²) in [5.74, 6) is -0.805. The van der Waals surface area contributed by atoms with Crippen molar-refractivity contribution in [2.45, 2.75) is 19.3 Å². The molecule has 0 bridgehead atoms. The molecule has 2 aromatic rings. The Labute approximate surface area is 181 Å². The number of amides is 4. The zero-order valence-electron chi connectivity index (χ0n) is 17.5. The third-order valence-corrected chi connectivity index (χ3v) is 5.96. The molecule has 4 amide bonds. The SMILES string of the molecule is CN1C(=O)c2ccc(C(=O)N3CCN(C(=O)CCCc4ccccc4)CC3)cc2C1=O. The standard InChI is InChI=1S/C24H25N3O4/c1-25-23(30)19-11-10-18(16-20(19)24(25)31)22(29)27-14-12-26(13-15-27)21(28)9-5-8-17-6-3-2-4-7-17/h2-4,6-7,10-11,16H,5,8-9,12-15H2,1H3. The van der Waals surface area contributed by atoms with Crippen molar-refractivity contribution in [3.8, 4) is 0 Å². The molecule has 2 heterocycles. The number of piperazine rings is 1. The Kier molecular flexibility index (Phi) is 5.84. The van der Waals surface area contributed by atoms with Gasteiger partial charge in [-0.15, -0.1) is 0 Å². The lowest BCUT2D eigenvalue weighted by atomic mass is 10.0. The first-order chi connectivity index (χ1) is 15.0. The van der Waals surface area contributed by atoms with E-state index in [-0.39, 0.29) is 29.2 Å². The fourth-order valence-electron chi connectivity index (χ4n) is 4.08. The van der Waals surface area contributed by atoms with Crippen LogP contribution in [0.1, 0.15) is 49.5 Å². The Balaban J connectivity index is 1.30. The first-order valence-electron chi connectivity index (χ1n) is 10.5. The molecule has 1 fully saturated rings. The molecule has 0 unspecified atom stereocenters. The van der Waals surface area contributed by atoms with Gasteiger partial charge in [-0.05, 0) is 36.6 Å². The number of imide groups is 1. The molecule has 2 aliphatic heterocycles. The minimum absolute atomic E-state index is 0.118. The van der Waals surface area contributed by atoms with E-state index in [0.29, 0.717) is 43.7 Å². The van der Waals surface area contributed by atoms with E-state index in [2.05, 4.69) is 12.1 Å². The van der Waals surface area contributed by atoms with Crippen LogP contribution < -0.4 is 0 Å². The van der Waals surface area contributed by atoms with E-state index in [1.165, 1.54) is 18.7 Å². The monoisotopic (exact) mass is 419 g/mol. The van der Waals surface area contributed by atoms with Crippen LogP contribution in [0.4, 0.5) is 0 Å². The maximum Gasteiger partial charge on any atom is 0.261 e. The van der Waals surface area contributed by atoms with Gasteiger partial charge in [0, 0.05) is 45.2 Å². The number of aryl methyl sites for hydroxylation is 1. The van der Waals surface area contributed by atoms with Crippen molar-refractivity contribution in [3.63, 3.8) is 0 Å². The molecular formula is C24H25N3O4. The molecule has 2 aliphatic rings. The van der Waals surface area contributed by atoms with Crippen molar-refractivity contribution in [1.82, 2.24) is 14.7 Å². The molecule has 1 saturated heterocycles. The summed E-state index contributed by atoms with van der Waals surface area (Å²) >= 11 is 0. The molecule has 31 heavy (non-hydrogen) atoms. The Morgan fingerprint density at radius 1 is 0.839 bits per heavy atom. The third-order valence-electron chi connectivity index (χ3n) is 5.96. The number of rotatable bonds is 5. The van der Waals surface area contributed by atoms with Gasteiger partial charge >= 0.3 is 0 Å². The van der Waals surface area contributed by atoms with Crippen LogP contribution in [0.15, 0.2) is 48.5 Å². The van der Waals surface area contributed by atoms with E-state index in [9.17, 15) is 19.2 Å². The number of hydrogen-bond acceptors (Lipinski definition) is 4. The largest absolute Gasteiger partial charge is 0.339 e. The van der Waals surface area contributed by atoms with Gasteiger partial charge < -0.3 is 9.80 Å². The van der Waals surface area contributed by atoms with E-state index < -0.39 is 0 Å². The molecule has 7 nitrogen and oxygen atoms in total. The van der Waals surface area contributed by atoms with Crippen LogP contribution >= 0.6 is 0 Å². The van der Waals surface area contributed by atoms with Crippen molar-refractivity contribution in [2.24, 2.45) is 0 Å². The van der Waals surface area contributed by atoms with Gasteiger partial charge in [0.25, 0.3) is 17.7 Å². The number of carbonyl (C=O) groups excluding carboxylic acids is 4. The summed E-state index contributed by atoms with van der Waals surface area (Å²) in [6.07, 6.45) is 2.18. The second-order valence-electron chi connectivity index (χ2n) is 7.94. The number of carbonyl (C=O) groups is 4. The average molecular weight is 419 g/mol. The normalized spacial score (nSPS) is 16.0. The molecule has 0 N–H and O–H groups in total. The minimum atomic E-state index is -0.388. The van der Waals surface area contributed by atoms with Crippen LogP contribution in [0.5, 0.6) is 0 Å². The van der Waals surface area contributed by atoms with Crippen LogP contribution in [-0.4, -0.2) is 71.6 Å². The van der Waals surface area contributed by atoms with E-state index in [1.54, 1.807) is 17.0 Å². The van der Waals surface area contributed by atoms with Crippen molar-refractivity contribution in [2.75, 3.05) is 33.2 Å². The summed E-state index contributed by atoms with van der Waals surface area (Å²) in [4.78, 5) is 54.2. The first kappa shape index (κ1) is 20.8. The van der Waals surface area contributed by atoms with Crippen molar-refractivity contribution < 1.29 is 19.2 Å². The van der Waals surface area contributed by atoms with E-state index in [1.807, 2.05) is 23.1 Å². The van der Waals surface area contributed by atoms with Gasteiger partial charge in [0.2, 0.25) is 5.91 Å². The van der Waals surface area contributed by atoms with Gasteiger partial charge in [-0.25, -0.2) is 0 Å². The predicted molar refractivity (Wildman–Crippen MR) is 115 cm³/mol. The Morgan fingerprint density at radius 2 is 1.48 bits per heavy atom. The van der Waals surface area contributed by atoms with E-state index in [4.69, 9.17) is 0 Å². The zero-order chi connectivity index (χ0) is 22.0. The highest BCUT2D eigenvalue weighted by Gasteiger charge is 2.34. The summed E-state index contributed by atoms with van der Waals surface area (Å²) in [7, 11) is 1.43. The van der Waals surface area contributed by atoms with Gasteiger partial charge in [-0.1, -0.05) is 30.3 Å². The Morgan fingerprint density at radius 3 is 2.19 bits per heavy atom. The van der Waals surface area contributed by atoms with E-state index >= 15 is 0 Å². The molecule has 0 aromatic heterocycles. The maximum atomic E-state index is 12.9. The van der Waals surface area contributed by atoms with Crippen LogP contribution in [-0.2, 0) is 11.2 Å². The number of hydrogen-bond donors (Lipinski definition) is 0.